The number of carbonyl (C=O) groups is 1. The van der Waals surface area contributed by atoms with Gasteiger partial charge in [-0.2, -0.15) is 0 Å². The average molecular weight is 524 g/mol. The molecule has 0 saturated carbocycles. The minimum Gasteiger partial charge on any atom is -0.481 e. The van der Waals surface area contributed by atoms with E-state index in [1.54, 1.807) is 6.26 Å². The molecule has 5 aromatic rings. The number of carbonyl (C=O) groups excluding carboxylic acids is 1. The summed E-state index contributed by atoms with van der Waals surface area (Å²) in [6.07, 6.45) is 1.66. The van der Waals surface area contributed by atoms with Gasteiger partial charge in [0, 0.05) is 23.1 Å². The number of benzene rings is 4. The summed E-state index contributed by atoms with van der Waals surface area (Å²) in [5.41, 5.74) is 2.70. The summed E-state index contributed by atoms with van der Waals surface area (Å²) < 4.78 is 17.5. The molecule has 0 saturated heterocycles. The van der Waals surface area contributed by atoms with Gasteiger partial charge in [-0.1, -0.05) is 54.6 Å². The largest absolute Gasteiger partial charge is 0.481 e. The van der Waals surface area contributed by atoms with E-state index in [1.165, 1.54) is 14.7 Å². The van der Waals surface area contributed by atoms with Gasteiger partial charge in [0.1, 0.15) is 16.9 Å². The first-order valence-electron chi connectivity index (χ1n) is 12.6. The second-order valence-corrected chi connectivity index (χ2v) is 11.8. The SMILES string of the molecule is Cc1cc([S+](c2ccccc2)c2ccccc2)cc(C)c1OCC(=O)OC(C)(C)c1coc2ccccc12. The fourth-order valence-electron chi connectivity index (χ4n) is 4.72. The third kappa shape index (κ3) is 5.34. The molecular weight excluding hydrogens is 492 g/mol. The highest BCUT2D eigenvalue weighted by atomic mass is 32.2. The van der Waals surface area contributed by atoms with Crippen molar-refractivity contribution in [2.45, 2.75) is 48.0 Å². The summed E-state index contributed by atoms with van der Waals surface area (Å²) in [6, 6.07) is 33.1. The van der Waals surface area contributed by atoms with E-state index in [9.17, 15) is 4.79 Å². The van der Waals surface area contributed by atoms with Gasteiger partial charge in [-0.05, 0) is 69.2 Å². The number of furan rings is 1. The van der Waals surface area contributed by atoms with Crippen LogP contribution < -0.4 is 4.74 Å². The van der Waals surface area contributed by atoms with Crippen LogP contribution in [0.3, 0.4) is 0 Å². The molecule has 0 spiro atoms. The van der Waals surface area contributed by atoms with E-state index in [-0.39, 0.29) is 17.5 Å². The summed E-state index contributed by atoms with van der Waals surface area (Å²) in [5.74, 6) is 0.276. The Bertz CT molecular complexity index is 1490. The molecule has 192 valence electrons. The van der Waals surface area contributed by atoms with E-state index >= 15 is 0 Å². The second-order valence-electron chi connectivity index (χ2n) is 9.74. The molecule has 0 aliphatic rings. The molecule has 0 amide bonds. The lowest BCUT2D eigenvalue weighted by molar-refractivity contribution is -0.159. The molecule has 1 aromatic heterocycles. The van der Waals surface area contributed by atoms with Crippen molar-refractivity contribution < 1.29 is 18.7 Å². The maximum Gasteiger partial charge on any atom is 0.345 e. The Morgan fingerprint density at radius 3 is 1.95 bits per heavy atom. The van der Waals surface area contributed by atoms with Crippen molar-refractivity contribution in [2.75, 3.05) is 6.61 Å². The van der Waals surface area contributed by atoms with Crippen LogP contribution in [-0.2, 0) is 26.0 Å². The molecule has 4 aromatic carbocycles. The van der Waals surface area contributed by atoms with Gasteiger partial charge in [-0.25, -0.2) is 4.79 Å². The van der Waals surface area contributed by atoms with Gasteiger partial charge in [-0.15, -0.1) is 0 Å². The van der Waals surface area contributed by atoms with Crippen LogP contribution in [0.4, 0.5) is 0 Å². The zero-order valence-corrected chi connectivity index (χ0v) is 22.9. The molecule has 0 bridgehead atoms. The van der Waals surface area contributed by atoms with Gasteiger partial charge in [-0.3, -0.25) is 0 Å². The lowest BCUT2D eigenvalue weighted by Crippen LogP contribution is -2.28. The van der Waals surface area contributed by atoms with Crippen molar-refractivity contribution in [3.63, 3.8) is 0 Å². The summed E-state index contributed by atoms with van der Waals surface area (Å²) in [7, 11) is -0.255. The van der Waals surface area contributed by atoms with Gasteiger partial charge in [0.2, 0.25) is 0 Å². The summed E-state index contributed by atoms with van der Waals surface area (Å²) in [4.78, 5) is 16.6. The number of aryl methyl sites for hydroxylation is 2. The Kier molecular flexibility index (Phi) is 7.30. The molecule has 0 radical (unpaired) electrons. The van der Waals surface area contributed by atoms with Gasteiger partial charge >= 0.3 is 5.97 Å². The molecule has 0 atom stereocenters. The van der Waals surface area contributed by atoms with E-state index in [0.717, 1.165) is 27.7 Å². The van der Waals surface area contributed by atoms with Crippen LogP contribution >= 0.6 is 0 Å². The molecule has 0 aliphatic heterocycles. The Hall–Kier alpha value is -3.96. The lowest BCUT2D eigenvalue weighted by Gasteiger charge is -2.24. The maximum absolute atomic E-state index is 12.9. The number of esters is 1. The smallest absolute Gasteiger partial charge is 0.345 e. The zero-order valence-electron chi connectivity index (χ0n) is 22.1. The second kappa shape index (κ2) is 10.8. The topological polar surface area (TPSA) is 48.7 Å². The number of hydrogen-bond donors (Lipinski definition) is 0. The quantitative estimate of drug-likeness (QED) is 0.153. The highest BCUT2D eigenvalue weighted by Crippen LogP contribution is 2.36. The van der Waals surface area contributed by atoms with Crippen molar-refractivity contribution in [2.24, 2.45) is 0 Å². The van der Waals surface area contributed by atoms with Crippen molar-refractivity contribution in [1.82, 2.24) is 0 Å². The van der Waals surface area contributed by atoms with E-state index < -0.39 is 11.6 Å². The maximum atomic E-state index is 12.9. The lowest BCUT2D eigenvalue weighted by atomic mass is 9.97. The van der Waals surface area contributed by atoms with Crippen LogP contribution in [0.25, 0.3) is 11.0 Å². The molecule has 0 unspecified atom stereocenters. The van der Waals surface area contributed by atoms with Crippen LogP contribution in [0, 0.1) is 13.8 Å². The van der Waals surface area contributed by atoms with Crippen LogP contribution in [0.5, 0.6) is 5.75 Å². The van der Waals surface area contributed by atoms with E-state index in [1.807, 2.05) is 64.1 Å². The highest BCUT2D eigenvalue weighted by molar-refractivity contribution is 7.97. The third-order valence-electron chi connectivity index (χ3n) is 6.46. The van der Waals surface area contributed by atoms with Crippen LogP contribution in [-0.4, -0.2) is 12.6 Å². The summed E-state index contributed by atoms with van der Waals surface area (Å²) >= 11 is 0. The normalized spacial score (nSPS) is 11.6. The minimum absolute atomic E-state index is 0.177. The Balaban J connectivity index is 1.34. The number of para-hydroxylation sites is 1. The monoisotopic (exact) mass is 523 g/mol. The molecule has 0 fully saturated rings. The number of ether oxygens (including phenoxy) is 2. The van der Waals surface area contributed by atoms with Crippen molar-refractivity contribution in [3.05, 3.63) is 120 Å². The standard InChI is InChI=1S/C33H31O4S/c1-23-19-27(38(25-13-7-5-8-14-25)26-15-9-6-10-16-26)20-24(2)32(23)36-22-31(34)37-33(3,4)29-21-35-30-18-12-11-17-28(29)30/h5-21H,22H2,1-4H3/q+1. The molecule has 0 N–H and O–H groups in total. The van der Waals surface area contributed by atoms with E-state index in [2.05, 4.69) is 60.7 Å². The predicted molar refractivity (Wildman–Crippen MR) is 152 cm³/mol. The zero-order chi connectivity index (χ0) is 26.7. The number of rotatable bonds is 8. The molecule has 1 heterocycles. The van der Waals surface area contributed by atoms with Crippen molar-refractivity contribution >= 4 is 27.8 Å². The fraction of sp³-hybridized carbons (Fsp3) is 0.182. The van der Waals surface area contributed by atoms with Gasteiger partial charge in [0.05, 0.1) is 17.2 Å². The summed E-state index contributed by atoms with van der Waals surface area (Å²) in [6.45, 7) is 7.60. The first-order valence-corrected chi connectivity index (χ1v) is 13.8. The number of hydrogen-bond acceptors (Lipinski definition) is 4. The predicted octanol–water partition coefficient (Wildman–Crippen LogP) is 8.00. The Morgan fingerprint density at radius 1 is 0.789 bits per heavy atom. The van der Waals surface area contributed by atoms with Crippen LogP contribution in [0.1, 0.15) is 30.5 Å². The average Bonchev–Trinajstić information content (AvgIpc) is 3.35. The Morgan fingerprint density at radius 2 is 1.34 bits per heavy atom. The molecular formula is C33H31O4S+. The molecule has 5 heteroatoms. The van der Waals surface area contributed by atoms with Crippen LogP contribution in [0.2, 0.25) is 0 Å². The first kappa shape index (κ1) is 25.7. The first-order chi connectivity index (χ1) is 18.3. The molecule has 38 heavy (non-hydrogen) atoms. The van der Waals surface area contributed by atoms with Gasteiger partial charge in [0.25, 0.3) is 0 Å². The Labute approximate surface area is 226 Å². The van der Waals surface area contributed by atoms with Gasteiger partial charge < -0.3 is 13.9 Å². The van der Waals surface area contributed by atoms with Gasteiger partial charge in [0.15, 0.2) is 21.3 Å². The number of fused-ring (bicyclic) bond motifs is 1. The van der Waals surface area contributed by atoms with E-state index in [4.69, 9.17) is 13.9 Å². The molecule has 0 aliphatic carbocycles. The van der Waals surface area contributed by atoms with Crippen molar-refractivity contribution in [3.8, 4) is 5.75 Å². The molecule has 4 nitrogen and oxygen atoms in total. The van der Waals surface area contributed by atoms with Crippen LogP contribution in [0.15, 0.2) is 122 Å². The van der Waals surface area contributed by atoms with E-state index in [0.29, 0.717) is 5.75 Å². The molecule has 5 rings (SSSR count). The van der Waals surface area contributed by atoms with Crippen molar-refractivity contribution in [1.29, 1.82) is 0 Å². The third-order valence-corrected chi connectivity index (χ3v) is 8.65. The minimum atomic E-state index is -0.860. The highest BCUT2D eigenvalue weighted by Gasteiger charge is 2.31. The fourth-order valence-corrected chi connectivity index (χ4v) is 6.99. The summed E-state index contributed by atoms with van der Waals surface area (Å²) in [5, 5.41) is 0.931.